The first-order chi connectivity index (χ1) is 11.0. The van der Waals surface area contributed by atoms with Crippen molar-refractivity contribution in [2.24, 2.45) is 5.92 Å². The summed E-state index contributed by atoms with van der Waals surface area (Å²) in [6, 6.07) is 0. The van der Waals surface area contributed by atoms with Crippen LogP contribution in [0.2, 0.25) is 0 Å². The Labute approximate surface area is 136 Å². The topological polar surface area (TPSA) is 83.8 Å². The average molecular weight is 318 g/mol. The second-order valence-electron chi connectivity index (χ2n) is 5.26. The molecule has 124 valence electrons. The van der Waals surface area contributed by atoms with Crippen molar-refractivity contribution in [2.75, 3.05) is 6.61 Å². The molecule has 1 saturated carbocycles. The molecule has 0 aromatic heterocycles. The van der Waals surface area contributed by atoms with Crippen LogP contribution >= 0.6 is 0 Å². The van der Waals surface area contributed by atoms with Gasteiger partial charge in [0.15, 0.2) is 0 Å². The Morgan fingerprint density at radius 2 is 2.04 bits per heavy atom. The van der Waals surface area contributed by atoms with Crippen molar-refractivity contribution in [3.8, 4) is 0 Å². The summed E-state index contributed by atoms with van der Waals surface area (Å²) < 4.78 is 4.76. The van der Waals surface area contributed by atoms with E-state index >= 15 is 0 Å². The number of ether oxygens (including phenoxy) is 1. The molecule has 0 aromatic rings. The molecule has 23 heavy (non-hydrogen) atoms. The highest BCUT2D eigenvalue weighted by Crippen LogP contribution is 2.39. The van der Waals surface area contributed by atoms with Gasteiger partial charge in [0.1, 0.15) is 18.1 Å². The van der Waals surface area contributed by atoms with E-state index in [2.05, 4.69) is 6.58 Å². The predicted molar refractivity (Wildman–Crippen MR) is 87.1 cm³/mol. The molecule has 1 aliphatic rings. The number of aliphatic hydroxyl groups excluding tert-OH is 1. The molecule has 0 heterocycles. The molecule has 3 atom stereocenters. The van der Waals surface area contributed by atoms with Crippen LogP contribution in [0, 0.1) is 5.92 Å². The fourth-order valence-electron chi connectivity index (χ4n) is 2.50. The van der Waals surface area contributed by atoms with Crippen LogP contribution in [0.1, 0.15) is 19.3 Å². The largest absolute Gasteiger partial charge is 0.458 e. The third-order valence-corrected chi connectivity index (χ3v) is 3.73. The maximum absolute atomic E-state index is 11.2. The Balaban J connectivity index is 2.58. The first kappa shape index (κ1) is 18.8. The quantitative estimate of drug-likeness (QED) is 0.234. The van der Waals surface area contributed by atoms with E-state index in [9.17, 15) is 19.8 Å². The van der Waals surface area contributed by atoms with Gasteiger partial charge in [-0.3, -0.25) is 0 Å². The molecular formula is C18H22O5. The van der Waals surface area contributed by atoms with Crippen LogP contribution in [-0.2, 0) is 14.3 Å². The minimum atomic E-state index is -1.36. The van der Waals surface area contributed by atoms with Crippen LogP contribution in [0.25, 0.3) is 0 Å². The molecule has 1 unspecified atom stereocenters. The molecule has 0 saturated heterocycles. The Morgan fingerprint density at radius 3 is 2.74 bits per heavy atom. The molecule has 5 nitrogen and oxygen atoms in total. The highest BCUT2D eigenvalue weighted by atomic mass is 16.5. The lowest BCUT2D eigenvalue weighted by Crippen LogP contribution is -2.40. The van der Waals surface area contributed by atoms with Crippen LogP contribution in [0.3, 0.4) is 0 Å². The molecule has 0 radical (unpaired) electrons. The highest BCUT2D eigenvalue weighted by molar-refractivity contribution is 5.82. The van der Waals surface area contributed by atoms with Crippen molar-refractivity contribution in [2.45, 2.75) is 31.0 Å². The average Bonchev–Trinajstić information content (AvgIpc) is 2.82. The van der Waals surface area contributed by atoms with Crippen molar-refractivity contribution in [3.05, 3.63) is 55.2 Å². The number of hydrogen-bond acceptors (Lipinski definition) is 5. The predicted octanol–water partition coefficient (Wildman–Crippen LogP) is 1.66. The highest BCUT2D eigenvalue weighted by Gasteiger charge is 2.45. The Kier molecular flexibility index (Phi) is 7.98. The molecule has 1 fully saturated rings. The minimum absolute atomic E-state index is 0.161. The molecule has 0 spiro atoms. The van der Waals surface area contributed by atoms with Crippen LogP contribution in [0.5, 0.6) is 0 Å². The third kappa shape index (κ3) is 5.83. The Morgan fingerprint density at radius 1 is 1.30 bits per heavy atom. The van der Waals surface area contributed by atoms with Gasteiger partial charge >= 0.3 is 5.97 Å². The molecule has 5 heteroatoms. The minimum Gasteiger partial charge on any atom is -0.458 e. The summed E-state index contributed by atoms with van der Waals surface area (Å²) in [6.07, 6.45) is 12.6. The monoisotopic (exact) mass is 318 g/mol. The van der Waals surface area contributed by atoms with E-state index in [0.29, 0.717) is 19.3 Å². The van der Waals surface area contributed by atoms with Gasteiger partial charge in [0, 0.05) is 12.2 Å². The van der Waals surface area contributed by atoms with Gasteiger partial charge in [-0.05, 0) is 25.2 Å². The molecule has 0 aliphatic heterocycles. The van der Waals surface area contributed by atoms with E-state index in [0.717, 1.165) is 0 Å². The number of allylic oxidation sites excluding steroid dienone is 5. The van der Waals surface area contributed by atoms with Crippen LogP contribution in [0.15, 0.2) is 55.2 Å². The molecule has 1 aliphatic carbocycles. The molecular weight excluding hydrogens is 296 g/mol. The molecule has 2 N–H and O–H groups in total. The Hall–Kier alpha value is -2.20. The summed E-state index contributed by atoms with van der Waals surface area (Å²) >= 11 is 0. The van der Waals surface area contributed by atoms with Gasteiger partial charge in [-0.2, -0.15) is 0 Å². The van der Waals surface area contributed by atoms with Gasteiger partial charge in [-0.1, -0.05) is 43.0 Å². The van der Waals surface area contributed by atoms with E-state index in [1.165, 1.54) is 30.4 Å². The van der Waals surface area contributed by atoms with Gasteiger partial charge in [-0.25, -0.2) is 9.59 Å². The SMILES string of the molecule is C=CCOC(=O)C=CC=CC=C[C@@]1(O)C(O)CC[C@H]1CC=C=O. The number of carbonyl (C=O) groups is 1. The zero-order valence-electron chi connectivity index (χ0n) is 12.9. The summed E-state index contributed by atoms with van der Waals surface area (Å²) in [4.78, 5) is 21.5. The van der Waals surface area contributed by atoms with Crippen molar-refractivity contribution >= 4 is 11.9 Å². The Bertz CT molecular complexity index is 540. The number of hydrogen-bond donors (Lipinski definition) is 2. The van der Waals surface area contributed by atoms with Crippen molar-refractivity contribution in [1.29, 1.82) is 0 Å². The molecule has 0 amide bonds. The fourth-order valence-corrected chi connectivity index (χ4v) is 2.50. The second-order valence-corrected chi connectivity index (χ2v) is 5.26. The summed E-state index contributed by atoms with van der Waals surface area (Å²) in [7, 11) is 0. The van der Waals surface area contributed by atoms with Gasteiger partial charge in [0.2, 0.25) is 0 Å². The maximum atomic E-state index is 11.2. The number of rotatable bonds is 8. The smallest absolute Gasteiger partial charge is 0.331 e. The van der Waals surface area contributed by atoms with E-state index in [4.69, 9.17) is 4.74 Å². The number of carbonyl (C=O) groups excluding carboxylic acids is 2. The van der Waals surface area contributed by atoms with Crippen molar-refractivity contribution in [1.82, 2.24) is 0 Å². The van der Waals surface area contributed by atoms with Crippen LogP contribution in [0.4, 0.5) is 0 Å². The first-order valence-electron chi connectivity index (χ1n) is 7.44. The number of aliphatic hydroxyl groups is 2. The molecule has 1 rings (SSSR count). The zero-order chi connectivity index (χ0) is 17.1. The number of esters is 1. The van der Waals surface area contributed by atoms with Gasteiger partial charge in [0.25, 0.3) is 0 Å². The lowest BCUT2D eigenvalue weighted by molar-refractivity contribution is -0.136. The van der Waals surface area contributed by atoms with E-state index in [1.54, 1.807) is 24.2 Å². The van der Waals surface area contributed by atoms with Crippen LogP contribution < -0.4 is 0 Å². The van der Waals surface area contributed by atoms with E-state index in [1.807, 2.05) is 0 Å². The zero-order valence-corrected chi connectivity index (χ0v) is 12.9. The third-order valence-electron chi connectivity index (χ3n) is 3.73. The second kappa shape index (κ2) is 9.74. The van der Waals surface area contributed by atoms with E-state index in [-0.39, 0.29) is 12.5 Å². The van der Waals surface area contributed by atoms with Gasteiger partial charge in [0.05, 0.1) is 6.10 Å². The molecule has 0 aromatic carbocycles. The van der Waals surface area contributed by atoms with E-state index < -0.39 is 17.7 Å². The lowest BCUT2D eigenvalue weighted by atomic mass is 9.86. The summed E-state index contributed by atoms with van der Waals surface area (Å²) in [5.74, 6) is 1.01. The summed E-state index contributed by atoms with van der Waals surface area (Å²) in [5.41, 5.74) is -1.36. The van der Waals surface area contributed by atoms with Gasteiger partial charge < -0.3 is 14.9 Å². The van der Waals surface area contributed by atoms with Crippen molar-refractivity contribution < 1.29 is 24.5 Å². The van der Waals surface area contributed by atoms with Crippen LogP contribution in [-0.4, -0.2) is 40.4 Å². The summed E-state index contributed by atoms with van der Waals surface area (Å²) in [5, 5.41) is 20.5. The standard InChI is InChI=1S/C18H22O5/c1-2-14-23-17(21)9-5-3-4-6-12-18(22)15(8-7-13-19)10-11-16(18)20/h2-7,9,12,15-16,20,22H,1,8,10-11,14H2/t15-,16?,18+/m1/s1. The fraction of sp³-hybridized carbons (Fsp3) is 0.389. The van der Waals surface area contributed by atoms with Gasteiger partial charge in [-0.15, -0.1) is 0 Å². The lowest BCUT2D eigenvalue weighted by Gasteiger charge is -2.28. The molecule has 0 bridgehead atoms. The normalized spacial score (nSPS) is 27.6. The first-order valence-corrected chi connectivity index (χ1v) is 7.44. The maximum Gasteiger partial charge on any atom is 0.331 e. The summed E-state index contributed by atoms with van der Waals surface area (Å²) in [6.45, 7) is 3.60. The van der Waals surface area contributed by atoms with Crippen molar-refractivity contribution in [3.63, 3.8) is 0 Å².